The molecule has 0 fully saturated rings. The van der Waals surface area contributed by atoms with E-state index in [-0.39, 0.29) is 47.6 Å². The molecule has 3 rings (SSSR count). The minimum atomic E-state index is -0.540. The van der Waals surface area contributed by atoms with E-state index in [4.69, 9.17) is 4.52 Å². The Hall–Kier alpha value is -4.15. The Morgan fingerprint density at radius 2 is 1.75 bits per heavy atom. The third-order valence-corrected chi connectivity index (χ3v) is 4.58. The maximum absolute atomic E-state index is 13.0. The molecule has 0 N–H and O–H groups in total. The van der Waals surface area contributed by atoms with Crippen molar-refractivity contribution in [2.24, 2.45) is 5.92 Å². The summed E-state index contributed by atoms with van der Waals surface area (Å²) in [5.41, 5.74) is 0.612. The van der Waals surface area contributed by atoms with Crippen molar-refractivity contribution < 1.29 is 19.2 Å². The van der Waals surface area contributed by atoms with Gasteiger partial charge in [-0.15, -0.1) is 0 Å². The monoisotopic (exact) mass is 439 g/mol. The minimum Gasteiger partial charge on any atom is -0.339 e. The first-order chi connectivity index (χ1) is 15.2. The van der Waals surface area contributed by atoms with Gasteiger partial charge in [-0.05, 0) is 24.1 Å². The highest BCUT2D eigenvalue weighted by molar-refractivity contribution is 5.94. The van der Waals surface area contributed by atoms with Crippen LogP contribution in [0.4, 0.5) is 11.4 Å². The third-order valence-electron chi connectivity index (χ3n) is 4.58. The number of carbonyl (C=O) groups excluding carboxylic acids is 1. The number of aromatic nitrogens is 2. The Kier molecular flexibility index (Phi) is 6.88. The standard InChI is InChI=1S/C21H21N5O6/c1-14(2)13-24(21(27)16-4-3-5-18(12-16)26(30)31)11-10-19-22-20(23-32-19)15-6-8-17(9-7-15)25(28)29/h3-9,12,14H,10-11,13H2,1-2H3. The number of rotatable bonds is 9. The van der Waals surface area contributed by atoms with Crippen molar-refractivity contribution in [3.63, 3.8) is 0 Å². The molecule has 0 saturated carbocycles. The summed E-state index contributed by atoms with van der Waals surface area (Å²) in [6.07, 6.45) is 0.285. The van der Waals surface area contributed by atoms with Crippen molar-refractivity contribution in [2.45, 2.75) is 20.3 Å². The molecule has 0 bridgehead atoms. The van der Waals surface area contributed by atoms with Crippen LogP contribution in [0.15, 0.2) is 53.1 Å². The van der Waals surface area contributed by atoms with Gasteiger partial charge in [0.15, 0.2) is 0 Å². The summed E-state index contributed by atoms with van der Waals surface area (Å²) in [7, 11) is 0. The quantitative estimate of drug-likeness (QED) is 0.360. The van der Waals surface area contributed by atoms with Crippen LogP contribution in [0.5, 0.6) is 0 Å². The smallest absolute Gasteiger partial charge is 0.270 e. The summed E-state index contributed by atoms with van der Waals surface area (Å²) in [5, 5.41) is 25.7. The lowest BCUT2D eigenvalue weighted by Crippen LogP contribution is -2.36. The Balaban J connectivity index is 1.72. The van der Waals surface area contributed by atoms with E-state index in [2.05, 4.69) is 10.1 Å². The van der Waals surface area contributed by atoms with E-state index in [1.165, 1.54) is 42.5 Å². The largest absolute Gasteiger partial charge is 0.339 e. The van der Waals surface area contributed by atoms with E-state index in [1.807, 2.05) is 13.8 Å². The van der Waals surface area contributed by atoms with Gasteiger partial charge >= 0.3 is 0 Å². The summed E-state index contributed by atoms with van der Waals surface area (Å²) in [4.78, 5) is 39.6. The number of non-ortho nitro benzene ring substituents is 2. The molecular weight excluding hydrogens is 418 g/mol. The van der Waals surface area contributed by atoms with Gasteiger partial charge in [-0.1, -0.05) is 25.1 Å². The lowest BCUT2D eigenvalue weighted by atomic mass is 10.1. The molecule has 0 saturated heterocycles. The number of nitro benzene ring substituents is 2. The average Bonchev–Trinajstić information content (AvgIpc) is 3.25. The first-order valence-electron chi connectivity index (χ1n) is 9.85. The number of nitrogens with zero attached hydrogens (tertiary/aromatic N) is 5. The van der Waals surface area contributed by atoms with Gasteiger partial charge in [0, 0.05) is 54.9 Å². The average molecular weight is 439 g/mol. The van der Waals surface area contributed by atoms with Crippen LogP contribution in [-0.4, -0.2) is 43.9 Å². The maximum atomic E-state index is 13.0. The topological polar surface area (TPSA) is 146 Å². The van der Waals surface area contributed by atoms with Crippen LogP contribution in [0.25, 0.3) is 11.4 Å². The predicted molar refractivity (Wildman–Crippen MR) is 114 cm³/mol. The van der Waals surface area contributed by atoms with E-state index in [0.717, 1.165) is 0 Å². The molecule has 0 aliphatic heterocycles. The molecule has 1 aromatic heterocycles. The van der Waals surface area contributed by atoms with Crippen LogP contribution >= 0.6 is 0 Å². The fourth-order valence-corrected chi connectivity index (χ4v) is 3.09. The van der Waals surface area contributed by atoms with Crippen LogP contribution in [0.2, 0.25) is 0 Å². The van der Waals surface area contributed by atoms with Crippen LogP contribution < -0.4 is 0 Å². The normalized spacial score (nSPS) is 10.8. The number of hydrogen-bond donors (Lipinski definition) is 0. The predicted octanol–water partition coefficient (Wildman–Crippen LogP) is 3.89. The number of benzene rings is 2. The fraction of sp³-hybridized carbons (Fsp3) is 0.286. The molecule has 11 heteroatoms. The van der Waals surface area contributed by atoms with Gasteiger partial charge < -0.3 is 9.42 Å². The van der Waals surface area contributed by atoms with E-state index in [9.17, 15) is 25.0 Å². The zero-order chi connectivity index (χ0) is 23.3. The molecule has 3 aromatic rings. The molecule has 1 heterocycles. The van der Waals surface area contributed by atoms with Gasteiger partial charge in [0.05, 0.1) is 9.85 Å². The molecule has 0 aliphatic carbocycles. The number of nitro groups is 2. The van der Waals surface area contributed by atoms with Gasteiger partial charge in [0.25, 0.3) is 17.3 Å². The van der Waals surface area contributed by atoms with Crippen molar-refractivity contribution in [3.8, 4) is 11.4 Å². The molecule has 0 aliphatic rings. The van der Waals surface area contributed by atoms with Gasteiger partial charge in [-0.3, -0.25) is 25.0 Å². The Bertz CT molecular complexity index is 1130. The van der Waals surface area contributed by atoms with Gasteiger partial charge in [-0.25, -0.2) is 0 Å². The summed E-state index contributed by atoms with van der Waals surface area (Å²) >= 11 is 0. The van der Waals surface area contributed by atoms with Crippen LogP contribution in [-0.2, 0) is 6.42 Å². The van der Waals surface area contributed by atoms with Crippen LogP contribution in [0, 0.1) is 26.1 Å². The van der Waals surface area contributed by atoms with E-state index >= 15 is 0 Å². The molecular formula is C21H21N5O6. The molecule has 0 spiro atoms. The number of hydrogen-bond acceptors (Lipinski definition) is 8. The van der Waals surface area contributed by atoms with Crippen molar-refractivity contribution in [2.75, 3.05) is 13.1 Å². The van der Waals surface area contributed by atoms with E-state index < -0.39 is 9.85 Å². The lowest BCUT2D eigenvalue weighted by Gasteiger charge is -2.24. The molecule has 0 radical (unpaired) electrons. The van der Waals surface area contributed by atoms with Crippen LogP contribution in [0.3, 0.4) is 0 Å². The first-order valence-corrected chi connectivity index (χ1v) is 9.85. The zero-order valence-electron chi connectivity index (χ0n) is 17.5. The van der Waals surface area contributed by atoms with E-state index in [1.54, 1.807) is 11.0 Å². The van der Waals surface area contributed by atoms with Gasteiger partial charge in [0.2, 0.25) is 11.7 Å². The van der Waals surface area contributed by atoms with Gasteiger partial charge in [0.1, 0.15) is 0 Å². The highest BCUT2D eigenvalue weighted by Gasteiger charge is 2.20. The van der Waals surface area contributed by atoms with Gasteiger partial charge in [-0.2, -0.15) is 4.98 Å². The molecule has 1 amide bonds. The maximum Gasteiger partial charge on any atom is 0.270 e. The lowest BCUT2D eigenvalue weighted by molar-refractivity contribution is -0.385. The molecule has 166 valence electrons. The molecule has 0 atom stereocenters. The first kappa shape index (κ1) is 22.5. The highest BCUT2D eigenvalue weighted by Crippen LogP contribution is 2.20. The Labute approximate surface area is 183 Å². The van der Waals surface area contributed by atoms with Crippen LogP contribution in [0.1, 0.15) is 30.1 Å². The second kappa shape index (κ2) is 9.77. The second-order valence-corrected chi connectivity index (χ2v) is 7.52. The SMILES string of the molecule is CC(C)CN(CCc1nc(-c2ccc([N+](=O)[O-])cc2)no1)C(=O)c1cccc([N+](=O)[O-])c1. The number of carbonyl (C=O) groups is 1. The summed E-state index contributed by atoms with van der Waals surface area (Å²) in [5.74, 6) is 0.447. The summed E-state index contributed by atoms with van der Waals surface area (Å²) in [6.45, 7) is 4.66. The highest BCUT2D eigenvalue weighted by atomic mass is 16.6. The molecule has 11 nitrogen and oxygen atoms in total. The fourth-order valence-electron chi connectivity index (χ4n) is 3.09. The number of amides is 1. The Morgan fingerprint density at radius 1 is 1.06 bits per heavy atom. The van der Waals surface area contributed by atoms with Crippen molar-refractivity contribution in [1.82, 2.24) is 15.0 Å². The Morgan fingerprint density at radius 3 is 2.38 bits per heavy atom. The summed E-state index contributed by atoms with van der Waals surface area (Å²) in [6, 6.07) is 11.4. The summed E-state index contributed by atoms with van der Waals surface area (Å²) < 4.78 is 5.27. The third kappa shape index (κ3) is 5.50. The molecule has 32 heavy (non-hydrogen) atoms. The van der Waals surface area contributed by atoms with E-state index in [0.29, 0.717) is 18.0 Å². The second-order valence-electron chi connectivity index (χ2n) is 7.52. The molecule has 2 aromatic carbocycles. The van der Waals surface area contributed by atoms with Crippen molar-refractivity contribution in [3.05, 3.63) is 80.2 Å². The molecule has 0 unspecified atom stereocenters. The van der Waals surface area contributed by atoms with Crippen molar-refractivity contribution >= 4 is 17.3 Å². The minimum absolute atomic E-state index is 0.0403. The van der Waals surface area contributed by atoms with Crippen molar-refractivity contribution in [1.29, 1.82) is 0 Å². The zero-order valence-corrected chi connectivity index (χ0v) is 17.5.